The van der Waals surface area contributed by atoms with E-state index in [9.17, 15) is 0 Å². The van der Waals surface area contributed by atoms with Crippen LogP contribution in [0.5, 0.6) is 6.01 Å². The normalized spacial score (nSPS) is 10.2. The Morgan fingerprint density at radius 3 is 2.56 bits per heavy atom. The summed E-state index contributed by atoms with van der Waals surface area (Å²) in [7, 11) is 3.63. The number of aromatic nitrogens is 3. The van der Waals surface area contributed by atoms with Crippen molar-refractivity contribution in [3.8, 4) is 6.01 Å². The van der Waals surface area contributed by atoms with E-state index in [4.69, 9.17) is 21.1 Å². The SMILES string of the molecule is CCOCCOc1nc(Cl)nc(N(C)C)n1. The van der Waals surface area contributed by atoms with Crippen LogP contribution in [0.15, 0.2) is 0 Å². The summed E-state index contributed by atoms with van der Waals surface area (Å²) in [5, 5.41) is 0.116. The van der Waals surface area contributed by atoms with Crippen molar-refractivity contribution in [3.05, 3.63) is 5.28 Å². The number of rotatable bonds is 6. The summed E-state index contributed by atoms with van der Waals surface area (Å²) in [6.45, 7) is 3.46. The zero-order chi connectivity index (χ0) is 12.0. The first-order chi connectivity index (χ1) is 7.63. The molecule has 0 bridgehead atoms. The minimum atomic E-state index is 0.116. The van der Waals surface area contributed by atoms with E-state index in [1.807, 2.05) is 21.0 Å². The molecule has 0 atom stereocenters. The molecule has 0 saturated heterocycles. The minimum Gasteiger partial charge on any atom is -0.461 e. The van der Waals surface area contributed by atoms with Gasteiger partial charge in [0.05, 0.1) is 6.61 Å². The molecule has 6 nitrogen and oxygen atoms in total. The van der Waals surface area contributed by atoms with E-state index in [-0.39, 0.29) is 11.3 Å². The van der Waals surface area contributed by atoms with Gasteiger partial charge in [0, 0.05) is 20.7 Å². The number of hydrogen-bond acceptors (Lipinski definition) is 6. The summed E-state index contributed by atoms with van der Waals surface area (Å²) in [6.07, 6.45) is 0. The first-order valence-corrected chi connectivity index (χ1v) is 5.30. The molecule has 0 aliphatic rings. The van der Waals surface area contributed by atoms with Crippen LogP contribution in [0.2, 0.25) is 5.28 Å². The molecule has 0 aromatic carbocycles. The van der Waals surface area contributed by atoms with Gasteiger partial charge in [-0.1, -0.05) is 0 Å². The van der Waals surface area contributed by atoms with Gasteiger partial charge in [-0.15, -0.1) is 0 Å². The highest BCUT2D eigenvalue weighted by molar-refractivity contribution is 6.28. The molecule has 1 aromatic heterocycles. The van der Waals surface area contributed by atoms with Crippen molar-refractivity contribution >= 4 is 17.5 Å². The second kappa shape index (κ2) is 6.44. The van der Waals surface area contributed by atoms with Crippen molar-refractivity contribution < 1.29 is 9.47 Å². The van der Waals surface area contributed by atoms with Crippen molar-refractivity contribution in [3.63, 3.8) is 0 Å². The summed E-state index contributed by atoms with van der Waals surface area (Å²) in [5.74, 6) is 0.464. The van der Waals surface area contributed by atoms with E-state index in [0.717, 1.165) is 0 Å². The van der Waals surface area contributed by atoms with Crippen molar-refractivity contribution in [2.45, 2.75) is 6.92 Å². The van der Waals surface area contributed by atoms with E-state index in [1.165, 1.54) is 0 Å². The number of nitrogens with zero attached hydrogens (tertiary/aromatic N) is 4. The highest BCUT2D eigenvalue weighted by atomic mass is 35.5. The van der Waals surface area contributed by atoms with E-state index >= 15 is 0 Å². The van der Waals surface area contributed by atoms with Crippen LogP contribution in [-0.4, -0.2) is 48.9 Å². The van der Waals surface area contributed by atoms with Gasteiger partial charge < -0.3 is 14.4 Å². The van der Waals surface area contributed by atoms with Gasteiger partial charge in [0.1, 0.15) is 6.61 Å². The third-order valence-electron chi connectivity index (χ3n) is 1.64. The zero-order valence-corrected chi connectivity index (χ0v) is 10.4. The van der Waals surface area contributed by atoms with Crippen molar-refractivity contribution in [1.82, 2.24) is 15.0 Å². The van der Waals surface area contributed by atoms with Crippen LogP contribution in [0.4, 0.5) is 5.95 Å². The molecule has 1 rings (SSSR count). The molecule has 16 heavy (non-hydrogen) atoms. The molecule has 0 aliphatic heterocycles. The van der Waals surface area contributed by atoms with Crippen LogP contribution >= 0.6 is 11.6 Å². The summed E-state index contributed by atoms with van der Waals surface area (Å²) < 4.78 is 10.4. The van der Waals surface area contributed by atoms with Crippen LogP contribution in [0.25, 0.3) is 0 Å². The molecular formula is C9H15ClN4O2. The molecule has 1 aromatic rings. The summed E-state index contributed by atoms with van der Waals surface area (Å²) in [4.78, 5) is 13.6. The minimum absolute atomic E-state index is 0.116. The van der Waals surface area contributed by atoms with Crippen molar-refractivity contribution in [2.75, 3.05) is 38.8 Å². The lowest BCUT2D eigenvalue weighted by molar-refractivity contribution is 0.106. The fourth-order valence-corrected chi connectivity index (χ4v) is 1.07. The van der Waals surface area contributed by atoms with Crippen LogP contribution in [-0.2, 0) is 4.74 Å². The topological polar surface area (TPSA) is 60.4 Å². The Morgan fingerprint density at radius 1 is 1.19 bits per heavy atom. The molecule has 1 heterocycles. The molecule has 0 N–H and O–H groups in total. The lowest BCUT2D eigenvalue weighted by Crippen LogP contribution is -2.15. The largest absolute Gasteiger partial charge is 0.461 e. The van der Waals surface area contributed by atoms with Gasteiger partial charge in [-0.3, -0.25) is 0 Å². The quantitative estimate of drug-likeness (QED) is 0.698. The van der Waals surface area contributed by atoms with Gasteiger partial charge in [0.2, 0.25) is 11.2 Å². The zero-order valence-electron chi connectivity index (χ0n) is 9.60. The Morgan fingerprint density at radius 2 is 1.94 bits per heavy atom. The van der Waals surface area contributed by atoms with Gasteiger partial charge in [0.15, 0.2) is 0 Å². The highest BCUT2D eigenvalue weighted by Gasteiger charge is 2.07. The van der Waals surface area contributed by atoms with E-state index in [1.54, 1.807) is 4.90 Å². The van der Waals surface area contributed by atoms with Gasteiger partial charge in [-0.2, -0.15) is 15.0 Å². The molecule has 0 fully saturated rings. The molecule has 7 heteroatoms. The Kier molecular flexibility index (Phi) is 5.21. The van der Waals surface area contributed by atoms with E-state index in [0.29, 0.717) is 25.8 Å². The van der Waals surface area contributed by atoms with Crippen molar-refractivity contribution in [1.29, 1.82) is 0 Å². The molecule has 0 unspecified atom stereocenters. The molecule has 0 aliphatic carbocycles. The van der Waals surface area contributed by atoms with Gasteiger partial charge in [-0.25, -0.2) is 0 Å². The first-order valence-electron chi connectivity index (χ1n) is 4.93. The third kappa shape index (κ3) is 4.16. The molecule has 0 amide bonds. The van der Waals surface area contributed by atoms with Crippen LogP contribution in [0, 0.1) is 0 Å². The van der Waals surface area contributed by atoms with Crippen LogP contribution in [0.1, 0.15) is 6.92 Å². The lowest BCUT2D eigenvalue weighted by Gasteiger charge is -2.11. The van der Waals surface area contributed by atoms with Gasteiger partial charge in [-0.05, 0) is 18.5 Å². The number of ether oxygens (including phenoxy) is 2. The molecule has 0 spiro atoms. The number of anilines is 1. The summed E-state index contributed by atoms with van der Waals surface area (Å²) in [6, 6.07) is 0.211. The van der Waals surface area contributed by atoms with Gasteiger partial charge >= 0.3 is 6.01 Å². The van der Waals surface area contributed by atoms with Gasteiger partial charge in [0.25, 0.3) is 0 Å². The van der Waals surface area contributed by atoms with Crippen LogP contribution in [0.3, 0.4) is 0 Å². The Bertz CT molecular complexity index is 335. The maximum Gasteiger partial charge on any atom is 0.322 e. The summed E-state index contributed by atoms with van der Waals surface area (Å²) >= 11 is 5.73. The Hall–Kier alpha value is -1.14. The number of halogens is 1. The molecular weight excluding hydrogens is 232 g/mol. The smallest absolute Gasteiger partial charge is 0.322 e. The fraction of sp³-hybridized carbons (Fsp3) is 0.667. The lowest BCUT2D eigenvalue weighted by atomic mass is 10.7. The second-order valence-corrected chi connectivity index (χ2v) is 3.46. The predicted octanol–water partition coefficient (Wildman–Crippen LogP) is 1.01. The molecule has 90 valence electrons. The third-order valence-corrected chi connectivity index (χ3v) is 1.81. The Labute approximate surface area is 99.6 Å². The van der Waals surface area contributed by atoms with E-state index in [2.05, 4.69) is 15.0 Å². The maximum absolute atomic E-state index is 5.73. The first kappa shape index (κ1) is 12.9. The monoisotopic (exact) mass is 246 g/mol. The summed E-state index contributed by atoms with van der Waals surface area (Å²) in [5.41, 5.74) is 0. The van der Waals surface area contributed by atoms with Crippen LogP contribution < -0.4 is 9.64 Å². The average molecular weight is 247 g/mol. The van der Waals surface area contributed by atoms with E-state index < -0.39 is 0 Å². The molecule has 0 saturated carbocycles. The average Bonchev–Trinajstić information content (AvgIpc) is 2.23. The molecule has 0 radical (unpaired) electrons. The second-order valence-electron chi connectivity index (χ2n) is 3.13. The fourth-order valence-electron chi connectivity index (χ4n) is 0.923. The van der Waals surface area contributed by atoms with Crippen molar-refractivity contribution in [2.24, 2.45) is 0 Å². The number of hydrogen-bond donors (Lipinski definition) is 0. The maximum atomic E-state index is 5.73. The predicted molar refractivity (Wildman–Crippen MR) is 61.2 cm³/mol. The Balaban J connectivity index is 2.58. The standard InChI is InChI=1S/C9H15ClN4O2/c1-4-15-5-6-16-9-12-7(10)11-8(13-9)14(2)3/h4-6H2,1-3H3. The highest BCUT2D eigenvalue weighted by Crippen LogP contribution is 2.12.